The summed E-state index contributed by atoms with van der Waals surface area (Å²) in [6.07, 6.45) is 10.9. The van der Waals surface area contributed by atoms with Crippen LogP contribution in [0.5, 0.6) is 0 Å². The largest absolute Gasteiger partial charge is 0.384 e. The monoisotopic (exact) mass is 397 g/mol. The van der Waals surface area contributed by atoms with E-state index >= 15 is 0 Å². The van der Waals surface area contributed by atoms with Gasteiger partial charge in [-0.25, -0.2) is 0 Å². The molecular weight excluding hydrogens is 366 g/mol. The van der Waals surface area contributed by atoms with Crippen LogP contribution in [-0.2, 0) is 11.2 Å². The summed E-state index contributed by atoms with van der Waals surface area (Å²) in [5.41, 5.74) is 6.44. The highest BCUT2D eigenvalue weighted by atomic mass is 16.5. The van der Waals surface area contributed by atoms with Crippen LogP contribution in [0.1, 0.15) is 38.4 Å². The molecule has 0 fully saturated rings. The Bertz CT molecular complexity index is 1100. The number of ether oxygens (including phenoxy) is 1. The molecule has 0 saturated carbocycles. The van der Waals surface area contributed by atoms with E-state index in [0.717, 1.165) is 25.1 Å². The topological polar surface area (TPSA) is 22.1 Å². The highest BCUT2D eigenvalue weighted by molar-refractivity contribution is 5.96. The molecule has 0 aliphatic heterocycles. The summed E-state index contributed by atoms with van der Waals surface area (Å²) in [5, 5.41) is 2.44. The van der Waals surface area contributed by atoms with Gasteiger partial charge in [0.15, 0.2) is 0 Å². The molecule has 30 heavy (non-hydrogen) atoms. The molecule has 154 valence electrons. The molecule has 0 radical (unpaired) electrons. The smallest absolute Gasteiger partial charge is 0.0776 e. The normalized spacial score (nSPS) is 16.7. The highest BCUT2D eigenvalue weighted by Crippen LogP contribution is 2.37. The third kappa shape index (κ3) is 4.24. The molecule has 4 rings (SSSR count). The Kier molecular flexibility index (Phi) is 5.87. The fourth-order valence-electron chi connectivity index (χ4n) is 4.25. The fraction of sp³-hybridized carbons (Fsp3) is 0.321. The highest BCUT2D eigenvalue weighted by Gasteiger charge is 2.23. The number of hydrogen-bond donors (Lipinski definition) is 0. The Morgan fingerprint density at radius 3 is 2.63 bits per heavy atom. The number of methoxy groups -OCH3 is 1. The van der Waals surface area contributed by atoms with Gasteiger partial charge in [-0.3, -0.25) is 4.98 Å². The minimum absolute atomic E-state index is 0.288. The van der Waals surface area contributed by atoms with Gasteiger partial charge in [0, 0.05) is 18.7 Å². The molecule has 2 nitrogen and oxygen atoms in total. The van der Waals surface area contributed by atoms with Crippen molar-refractivity contribution < 1.29 is 4.74 Å². The maximum Gasteiger partial charge on any atom is 0.0776 e. The summed E-state index contributed by atoms with van der Waals surface area (Å²) in [6, 6.07) is 17.5. The van der Waals surface area contributed by atoms with Gasteiger partial charge in [-0.1, -0.05) is 75.4 Å². The zero-order valence-electron chi connectivity index (χ0n) is 18.5. The summed E-state index contributed by atoms with van der Waals surface area (Å²) >= 11 is 0. The van der Waals surface area contributed by atoms with Gasteiger partial charge in [0.05, 0.1) is 12.3 Å². The first-order valence-electron chi connectivity index (χ1n) is 10.8. The first kappa shape index (κ1) is 20.6. The van der Waals surface area contributed by atoms with Crippen molar-refractivity contribution in [3.63, 3.8) is 0 Å². The summed E-state index contributed by atoms with van der Waals surface area (Å²) in [7, 11) is 1.76. The number of benzene rings is 2. The fourth-order valence-corrected chi connectivity index (χ4v) is 4.25. The lowest BCUT2D eigenvalue weighted by Crippen LogP contribution is -2.19. The van der Waals surface area contributed by atoms with Gasteiger partial charge in [0.25, 0.3) is 0 Å². The number of aromatic nitrogens is 1. The van der Waals surface area contributed by atoms with E-state index in [1.54, 1.807) is 7.11 Å². The molecule has 2 heteroatoms. The van der Waals surface area contributed by atoms with Crippen molar-refractivity contribution in [1.29, 1.82) is 0 Å². The summed E-state index contributed by atoms with van der Waals surface area (Å²) in [6.45, 7) is 7.66. The summed E-state index contributed by atoms with van der Waals surface area (Å²) in [5.74, 6) is 0.575. The van der Waals surface area contributed by atoms with Gasteiger partial charge in [-0.2, -0.15) is 0 Å². The third-order valence-electron chi connectivity index (χ3n) is 6.15. The maximum absolute atomic E-state index is 5.30. The second-order valence-electron chi connectivity index (χ2n) is 9.22. The van der Waals surface area contributed by atoms with Crippen molar-refractivity contribution in [2.75, 3.05) is 13.7 Å². The second kappa shape index (κ2) is 8.57. The molecule has 1 aliphatic rings. The van der Waals surface area contributed by atoms with Crippen molar-refractivity contribution in [1.82, 2.24) is 4.98 Å². The Balaban J connectivity index is 1.69. The lowest BCUT2D eigenvalue weighted by molar-refractivity contribution is 0.202. The van der Waals surface area contributed by atoms with Crippen LogP contribution in [0.4, 0.5) is 0 Å². The average Bonchev–Trinajstić information content (AvgIpc) is 2.76. The molecule has 1 atom stereocenters. The Hall–Kier alpha value is -2.71. The molecule has 0 spiro atoms. The molecule has 1 unspecified atom stereocenters. The van der Waals surface area contributed by atoms with Crippen LogP contribution < -0.4 is 0 Å². The molecule has 0 N–H and O–H groups in total. The number of pyridine rings is 1. The maximum atomic E-state index is 5.30. The average molecular weight is 398 g/mol. The van der Waals surface area contributed by atoms with E-state index in [4.69, 9.17) is 9.72 Å². The van der Waals surface area contributed by atoms with Crippen molar-refractivity contribution in [2.45, 2.75) is 33.6 Å². The van der Waals surface area contributed by atoms with Crippen LogP contribution >= 0.6 is 0 Å². The van der Waals surface area contributed by atoms with E-state index < -0.39 is 0 Å². The van der Waals surface area contributed by atoms with Crippen LogP contribution in [0.15, 0.2) is 73.0 Å². The van der Waals surface area contributed by atoms with Gasteiger partial charge in [0.2, 0.25) is 0 Å². The molecule has 1 heterocycles. The van der Waals surface area contributed by atoms with E-state index in [1.165, 1.54) is 33.0 Å². The number of nitrogens with zero attached hydrogens (tertiary/aromatic N) is 1. The number of fused-ring (bicyclic) bond motifs is 1. The minimum Gasteiger partial charge on any atom is -0.384 e. The van der Waals surface area contributed by atoms with E-state index in [1.807, 2.05) is 6.20 Å². The van der Waals surface area contributed by atoms with E-state index in [-0.39, 0.29) is 5.41 Å². The van der Waals surface area contributed by atoms with E-state index in [2.05, 4.69) is 87.5 Å². The predicted molar refractivity (Wildman–Crippen MR) is 127 cm³/mol. The van der Waals surface area contributed by atoms with E-state index in [0.29, 0.717) is 5.92 Å². The van der Waals surface area contributed by atoms with Crippen LogP contribution in [0.3, 0.4) is 0 Å². The molecule has 1 aliphatic carbocycles. The van der Waals surface area contributed by atoms with Crippen LogP contribution in [-0.4, -0.2) is 18.7 Å². The summed E-state index contributed by atoms with van der Waals surface area (Å²) < 4.78 is 5.30. The predicted octanol–water partition coefficient (Wildman–Crippen LogP) is 7.10. The second-order valence-corrected chi connectivity index (χ2v) is 9.22. The first-order chi connectivity index (χ1) is 14.5. The van der Waals surface area contributed by atoms with Crippen LogP contribution in [0.25, 0.3) is 27.5 Å². The van der Waals surface area contributed by atoms with Gasteiger partial charge in [-0.15, -0.1) is 0 Å². The van der Waals surface area contributed by atoms with Gasteiger partial charge in [-0.05, 0) is 64.0 Å². The number of allylic oxidation sites excluding steroid dienone is 4. The zero-order chi connectivity index (χ0) is 21.1. The third-order valence-corrected chi connectivity index (χ3v) is 6.15. The zero-order valence-corrected chi connectivity index (χ0v) is 18.5. The van der Waals surface area contributed by atoms with Gasteiger partial charge < -0.3 is 4.74 Å². The van der Waals surface area contributed by atoms with Crippen LogP contribution in [0, 0.1) is 11.3 Å². The van der Waals surface area contributed by atoms with E-state index in [9.17, 15) is 0 Å². The van der Waals surface area contributed by atoms with Crippen molar-refractivity contribution in [3.05, 3.63) is 84.2 Å². The number of hydrogen-bond acceptors (Lipinski definition) is 2. The van der Waals surface area contributed by atoms with Gasteiger partial charge in [0.1, 0.15) is 0 Å². The molecule has 3 aromatic rings. The standard InChI is InChI=1S/C28H31NO/c1-28(2,3)24-12-9-21(10-13-24)27-26-14-11-22(19-23(26)15-17-29-27)25-8-6-5-7-20(25)16-18-30-4/h5-12,14-15,17,19,24H,13,16,18H2,1-4H3. The van der Waals surface area contributed by atoms with Crippen molar-refractivity contribution >= 4 is 16.3 Å². The van der Waals surface area contributed by atoms with Crippen molar-refractivity contribution in [3.8, 4) is 11.1 Å². The van der Waals surface area contributed by atoms with Gasteiger partial charge >= 0.3 is 0 Å². The molecule has 0 amide bonds. The Morgan fingerprint density at radius 1 is 1.07 bits per heavy atom. The molecule has 0 saturated heterocycles. The first-order valence-corrected chi connectivity index (χ1v) is 10.8. The lowest BCUT2D eigenvalue weighted by Gasteiger charge is -2.29. The molecule has 1 aromatic heterocycles. The minimum atomic E-state index is 0.288. The molecular formula is C28H31NO. The summed E-state index contributed by atoms with van der Waals surface area (Å²) in [4.78, 5) is 4.74. The lowest BCUT2D eigenvalue weighted by atomic mass is 9.76. The molecule has 2 aromatic carbocycles. The SMILES string of the molecule is COCCc1ccccc1-c1ccc2c(C3=CCC(C(C)(C)C)C=C3)nccc2c1. The number of rotatable bonds is 5. The van der Waals surface area contributed by atoms with Crippen molar-refractivity contribution in [2.24, 2.45) is 11.3 Å². The Labute approximate surface area is 180 Å². The molecule has 0 bridgehead atoms. The Morgan fingerprint density at radius 2 is 1.90 bits per heavy atom. The van der Waals surface area contributed by atoms with Crippen LogP contribution in [0.2, 0.25) is 0 Å². The quantitative estimate of drug-likeness (QED) is 0.458.